The lowest BCUT2D eigenvalue weighted by atomic mass is 10.4. The summed E-state index contributed by atoms with van der Waals surface area (Å²) in [6.07, 6.45) is 0. The number of nitrogens with one attached hydrogen (secondary N) is 2. The van der Waals surface area contributed by atoms with Crippen LogP contribution in [0.2, 0.25) is 0 Å². The Bertz CT molecular complexity index is 478. The van der Waals surface area contributed by atoms with Gasteiger partial charge >= 0.3 is 0 Å². The van der Waals surface area contributed by atoms with Gasteiger partial charge in [-0.2, -0.15) is 15.1 Å². The number of aryl methyl sites for hydroxylation is 2. The van der Waals surface area contributed by atoms with Crippen molar-refractivity contribution in [2.24, 2.45) is 0 Å². The van der Waals surface area contributed by atoms with Crippen LogP contribution in [0, 0.1) is 25.2 Å². The average Bonchev–Trinajstić information content (AvgIpc) is 2.45. The van der Waals surface area contributed by atoms with Crippen LogP contribution in [0.25, 0.3) is 0 Å². The molecule has 0 aromatic carbocycles. The van der Waals surface area contributed by atoms with Gasteiger partial charge in [0.2, 0.25) is 10.0 Å². The van der Waals surface area contributed by atoms with Crippen LogP contribution in [-0.2, 0) is 10.0 Å². The number of sulfonamides is 1. The molecule has 0 fully saturated rings. The van der Waals surface area contributed by atoms with Gasteiger partial charge in [0.25, 0.3) is 0 Å². The van der Waals surface area contributed by atoms with Gasteiger partial charge < -0.3 is 0 Å². The van der Waals surface area contributed by atoms with E-state index in [0.717, 1.165) is 0 Å². The highest BCUT2D eigenvalue weighted by Gasteiger charge is 2.23. The van der Waals surface area contributed by atoms with Crippen LogP contribution in [0.15, 0.2) is 4.90 Å². The summed E-state index contributed by atoms with van der Waals surface area (Å²) in [7, 11) is -3.66. The molecule has 82 valence electrons. The number of aromatic nitrogens is 2. The maximum Gasteiger partial charge on any atom is 0.245 e. The maximum atomic E-state index is 11.8. The third-order valence-corrected chi connectivity index (χ3v) is 3.66. The lowest BCUT2D eigenvalue weighted by Crippen LogP contribution is -2.32. The summed E-state index contributed by atoms with van der Waals surface area (Å²) in [6.45, 7) is 4.68. The monoisotopic (exact) mass is 228 g/mol. The first-order valence-electron chi connectivity index (χ1n) is 4.32. The number of hydrogen-bond acceptors (Lipinski definition) is 4. The highest BCUT2D eigenvalue weighted by Crippen LogP contribution is 2.16. The number of hydrogen-bond donors (Lipinski definition) is 2. The van der Waals surface area contributed by atoms with E-state index >= 15 is 0 Å². The zero-order chi connectivity index (χ0) is 11.6. The summed E-state index contributed by atoms with van der Waals surface area (Å²) in [5.74, 6) is 0. The molecule has 7 heteroatoms. The smallest absolute Gasteiger partial charge is 0.245 e. The third kappa shape index (κ3) is 2.34. The Morgan fingerprint density at radius 2 is 2.13 bits per heavy atom. The summed E-state index contributed by atoms with van der Waals surface area (Å²) in [4.78, 5) is 0.115. The van der Waals surface area contributed by atoms with E-state index in [-0.39, 0.29) is 4.90 Å². The van der Waals surface area contributed by atoms with E-state index in [1.54, 1.807) is 19.9 Å². The molecular formula is C8H12N4O2S. The van der Waals surface area contributed by atoms with Gasteiger partial charge in [0, 0.05) is 0 Å². The quantitative estimate of drug-likeness (QED) is 0.772. The Morgan fingerprint density at radius 3 is 2.53 bits per heavy atom. The molecule has 0 spiro atoms. The molecule has 0 amide bonds. The SMILES string of the molecule is Cc1n[nH]c(C)c1S(=O)(=O)NC(C)C#N. The number of nitrogens with zero attached hydrogens (tertiary/aromatic N) is 2. The zero-order valence-corrected chi connectivity index (χ0v) is 9.51. The van der Waals surface area contributed by atoms with Crippen molar-refractivity contribution in [3.8, 4) is 6.07 Å². The Morgan fingerprint density at radius 1 is 1.53 bits per heavy atom. The number of H-pyrrole nitrogens is 1. The fourth-order valence-electron chi connectivity index (χ4n) is 1.25. The van der Waals surface area contributed by atoms with Crippen LogP contribution in [0.1, 0.15) is 18.3 Å². The molecule has 0 aliphatic rings. The first-order valence-corrected chi connectivity index (χ1v) is 5.80. The Hall–Kier alpha value is -1.39. The largest absolute Gasteiger partial charge is 0.281 e. The first-order chi connectivity index (χ1) is 6.88. The second kappa shape index (κ2) is 4.00. The zero-order valence-electron chi connectivity index (χ0n) is 8.70. The van der Waals surface area contributed by atoms with E-state index in [1.807, 2.05) is 0 Å². The number of rotatable bonds is 3. The van der Waals surface area contributed by atoms with Crippen molar-refractivity contribution >= 4 is 10.0 Å². The second-order valence-corrected chi connectivity index (χ2v) is 4.89. The fourth-order valence-corrected chi connectivity index (χ4v) is 2.77. The summed E-state index contributed by atoms with van der Waals surface area (Å²) in [6, 6.07) is 1.04. The van der Waals surface area contributed by atoms with Crippen molar-refractivity contribution < 1.29 is 8.42 Å². The minimum Gasteiger partial charge on any atom is -0.281 e. The van der Waals surface area contributed by atoms with Crippen LogP contribution < -0.4 is 4.72 Å². The van der Waals surface area contributed by atoms with Gasteiger partial charge in [0.1, 0.15) is 10.9 Å². The van der Waals surface area contributed by atoms with Crippen LogP contribution in [-0.4, -0.2) is 24.7 Å². The molecule has 0 bridgehead atoms. The van der Waals surface area contributed by atoms with Crippen molar-refractivity contribution in [3.63, 3.8) is 0 Å². The highest BCUT2D eigenvalue weighted by atomic mass is 32.2. The minimum absolute atomic E-state index is 0.115. The van der Waals surface area contributed by atoms with Gasteiger partial charge in [0.05, 0.1) is 17.5 Å². The molecule has 0 aliphatic heterocycles. The van der Waals surface area contributed by atoms with Crippen molar-refractivity contribution in [2.75, 3.05) is 0 Å². The molecule has 1 heterocycles. The summed E-state index contributed by atoms with van der Waals surface area (Å²) < 4.78 is 25.8. The molecule has 1 unspecified atom stereocenters. The lowest BCUT2D eigenvalue weighted by molar-refractivity contribution is 0.576. The summed E-state index contributed by atoms with van der Waals surface area (Å²) in [5.41, 5.74) is 0.857. The fraction of sp³-hybridized carbons (Fsp3) is 0.500. The third-order valence-electron chi connectivity index (χ3n) is 1.85. The molecule has 0 saturated carbocycles. The molecule has 0 aliphatic carbocycles. The molecule has 0 radical (unpaired) electrons. The molecule has 1 atom stereocenters. The molecule has 2 N–H and O–H groups in total. The molecule has 15 heavy (non-hydrogen) atoms. The second-order valence-electron chi connectivity index (χ2n) is 3.24. The van der Waals surface area contributed by atoms with Gasteiger partial charge in [-0.3, -0.25) is 5.10 Å². The minimum atomic E-state index is -3.66. The van der Waals surface area contributed by atoms with Gasteiger partial charge in [-0.15, -0.1) is 0 Å². The Balaban J connectivity index is 3.14. The van der Waals surface area contributed by atoms with E-state index < -0.39 is 16.1 Å². The molecule has 1 aromatic rings. The van der Waals surface area contributed by atoms with E-state index in [9.17, 15) is 8.42 Å². The molecule has 1 aromatic heterocycles. The lowest BCUT2D eigenvalue weighted by Gasteiger charge is -2.07. The van der Waals surface area contributed by atoms with E-state index in [4.69, 9.17) is 5.26 Å². The maximum absolute atomic E-state index is 11.8. The average molecular weight is 228 g/mol. The predicted molar refractivity (Wildman–Crippen MR) is 53.5 cm³/mol. The normalized spacial score (nSPS) is 13.5. The molecule has 0 saturated heterocycles. The topological polar surface area (TPSA) is 98.6 Å². The van der Waals surface area contributed by atoms with E-state index in [0.29, 0.717) is 11.4 Å². The van der Waals surface area contributed by atoms with Crippen molar-refractivity contribution in [1.29, 1.82) is 5.26 Å². The van der Waals surface area contributed by atoms with Gasteiger partial charge in [-0.1, -0.05) is 0 Å². The number of aromatic amines is 1. The van der Waals surface area contributed by atoms with E-state index in [1.165, 1.54) is 6.92 Å². The highest BCUT2D eigenvalue weighted by molar-refractivity contribution is 7.89. The van der Waals surface area contributed by atoms with Crippen LogP contribution >= 0.6 is 0 Å². The van der Waals surface area contributed by atoms with Crippen LogP contribution in [0.4, 0.5) is 0 Å². The van der Waals surface area contributed by atoms with Crippen molar-refractivity contribution in [2.45, 2.75) is 31.7 Å². The van der Waals surface area contributed by atoms with Crippen molar-refractivity contribution in [3.05, 3.63) is 11.4 Å². The molecule has 1 rings (SSSR count). The van der Waals surface area contributed by atoms with E-state index in [2.05, 4.69) is 14.9 Å². The summed E-state index contributed by atoms with van der Waals surface area (Å²) >= 11 is 0. The van der Waals surface area contributed by atoms with Gasteiger partial charge in [-0.25, -0.2) is 8.42 Å². The standard InChI is InChI=1S/C8H12N4O2S/c1-5(4-9)12-15(13,14)8-6(2)10-11-7(8)3/h5,12H,1-3H3,(H,10,11). The van der Waals surface area contributed by atoms with Crippen molar-refractivity contribution in [1.82, 2.24) is 14.9 Å². The summed E-state index contributed by atoms with van der Waals surface area (Å²) in [5, 5.41) is 14.9. The Labute approximate surface area is 88.4 Å². The Kier molecular flexibility index (Phi) is 3.12. The predicted octanol–water partition coefficient (Wildman–Crippen LogP) is 0.217. The number of nitriles is 1. The molecular weight excluding hydrogens is 216 g/mol. The van der Waals surface area contributed by atoms with Crippen LogP contribution in [0.3, 0.4) is 0 Å². The van der Waals surface area contributed by atoms with Gasteiger partial charge in [0.15, 0.2) is 0 Å². The molecule has 6 nitrogen and oxygen atoms in total. The van der Waals surface area contributed by atoms with Crippen LogP contribution in [0.5, 0.6) is 0 Å². The first kappa shape index (κ1) is 11.7. The van der Waals surface area contributed by atoms with Gasteiger partial charge in [-0.05, 0) is 20.8 Å².